The summed E-state index contributed by atoms with van der Waals surface area (Å²) < 4.78 is 0. The number of carbonyl (C=O) groups excluding carboxylic acids is 2. The largest absolute Gasteiger partial charge is 0.392 e. The fourth-order valence-corrected chi connectivity index (χ4v) is 3.40. The topological polar surface area (TPSA) is 54.4 Å². The molecule has 128 valence electrons. The van der Waals surface area contributed by atoms with Gasteiger partial charge in [0.1, 0.15) is 12.6 Å². The maximum absolute atomic E-state index is 11.7. The van der Waals surface area contributed by atoms with Crippen LogP contribution >= 0.6 is 0 Å². The maximum atomic E-state index is 11.7. The highest BCUT2D eigenvalue weighted by Crippen LogP contribution is 2.34. The van der Waals surface area contributed by atoms with E-state index in [1.54, 1.807) is 0 Å². The molecule has 0 bridgehead atoms. The standard InChI is InChI=1S/C20H30O3/c1-14(2)7-5-9-16(4)20-18(13-22)17(12-21)10-6-8-15(3)11-19(20)23/h7-8,10,12-13,16,18-20,23H,5-6,9,11H2,1-4H3/t16-,18-,19-,20+/m1/s1. The summed E-state index contributed by atoms with van der Waals surface area (Å²) in [5.74, 6) is -0.593. The molecule has 1 N–H and O–H groups in total. The quantitative estimate of drug-likeness (QED) is 0.594. The second-order valence-corrected chi connectivity index (χ2v) is 6.95. The molecule has 0 spiro atoms. The van der Waals surface area contributed by atoms with E-state index in [2.05, 4.69) is 26.8 Å². The van der Waals surface area contributed by atoms with E-state index in [0.29, 0.717) is 18.4 Å². The van der Waals surface area contributed by atoms with Crippen molar-refractivity contribution in [3.8, 4) is 0 Å². The van der Waals surface area contributed by atoms with Crippen molar-refractivity contribution in [1.82, 2.24) is 0 Å². The molecule has 0 fully saturated rings. The summed E-state index contributed by atoms with van der Waals surface area (Å²) in [6.45, 7) is 8.19. The van der Waals surface area contributed by atoms with Crippen LogP contribution in [0.15, 0.2) is 34.9 Å². The molecule has 0 aromatic carbocycles. The number of hydrogen-bond donors (Lipinski definition) is 1. The minimum absolute atomic E-state index is 0.157. The van der Waals surface area contributed by atoms with Crippen LogP contribution in [-0.2, 0) is 9.59 Å². The average Bonchev–Trinajstić information content (AvgIpc) is 2.53. The van der Waals surface area contributed by atoms with E-state index < -0.39 is 12.0 Å². The highest BCUT2D eigenvalue weighted by molar-refractivity contribution is 5.81. The highest BCUT2D eigenvalue weighted by Gasteiger charge is 2.35. The number of hydrogen-bond acceptors (Lipinski definition) is 3. The Bertz CT molecular complexity index is 495. The minimum atomic E-state index is -0.607. The lowest BCUT2D eigenvalue weighted by Crippen LogP contribution is -2.35. The smallest absolute Gasteiger partial charge is 0.146 e. The zero-order chi connectivity index (χ0) is 17.4. The normalized spacial score (nSPS) is 26.7. The Labute approximate surface area is 140 Å². The maximum Gasteiger partial charge on any atom is 0.146 e. The van der Waals surface area contributed by atoms with Crippen LogP contribution in [0.25, 0.3) is 0 Å². The van der Waals surface area contributed by atoms with Gasteiger partial charge in [-0.2, -0.15) is 0 Å². The Hall–Kier alpha value is -1.48. The molecule has 0 saturated carbocycles. The molecule has 1 aliphatic rings. The van der Waals surface area contributed by atoms with Crippen molar-refractivity contribution in [3.05, 3.63) is 34.9 Å². The number of rotatable bonds is 6. The molecule has 3 heteroatoms. The van der Waals surface area contributed by atoms with Gasteiger partial charge in [0.15, 0.2) is 0 Å². The highest BCUT2D eigenvalue weighted by atomic mass is 16.3. The SMILES string of the molecule is CC(C)=CCC[C@@H](C)[C@@H]1[C@H](O)CC(C)=CCC=C(C=O)[C@H]1C=O. The molecule has 0 saturated heterocycles. The molecule has 0 aliphatic heterocycles. The second-order valence-electron chi connectivity index (χ2n) is 6.95. The van der Waals surface area contributed by atoms with Gasteiger partial charge in [0.25, 0.3) is 0 Å². The van der Waals surface area contributed by atoms with Crippen LogP contribution in [0.4, 0.5) is 0 Å². The monoisotopic (exact) mass is 318 g/mol. The van der Waals surface area contributed by atoms with E-state index in [1.165, 1.54) is 5.57 Å². The van der Waals surface area contributed by atoms with Crippen molar-refractivity contribution < 1.29 is 14.7 Å². The van der Waals surface area contributed by atoms with Crippen LogP contribution in [0.5, 0.6) is 0 Å². The van der Waals surface area contributed by atoms with Crippen LogP contribution in [0.2, 0.25) is 0 Å². The van der Waals surface area contributed by atoms with Crippen LogP contribution in [0, 0.1) is 17.8 Å². The van der Waals surface area contributed by atoms with Gasteiger partial charge in [-0.3, -0.25) is 4.79 Å². The third-order valence-electron chi connectivity index (χ3n) is 4.71. The minimum Gasteiger partial charge on any atom is -0.392 e. The molecule has 0 radical (unpaired) electrons. The summed E-state index contributed by atoms with van der Waals surface area (Å²) in [6, 6.07) is 0. The number of aldehydes is 2. The number of carbonyl (C=O) groups is 2. The zero-order valence-electron chi connectivity index (χ0n) is 14.8. The lowest BCUT2D eigenvalue weighted by atomic mass is 9.73. The molecule has 3 nitrogen and oxygen atoms in total. The van der Waals surface area contributed by atoms with Crippen LogP contribution in [-0.4, -0.2) is 23.8 Å². The summed E-state index contributed by atoms with van der Waals surface area (Å²) in [5.41, 5.74) is 2.88. The molecule has 0 unspecified atom stereocenters. The molecule has 0 amide bonds. The van der Waals surface area contributed by atoms with E-state index in [4.69, 9.17) is 0 Å². The summed E-state index contributed by atoms with van der Waals surface area (Å²) >= 11 is 0. The first kappa shape index (κ1) is 19.6. The van der Waals surface area contributed by atoms with Gasteiger partial charge < -0.3 is 9.90 Å². The first-order valence-corrected chi connectivity index (χ1v) is 8.48. The number of aliphatic hydroxyl groups excluding tert-OH is 1. The Morgan fingerprint density at radius 3 is 2.61 bits per heavy atom. The van der Waals surface area contributed by atoms with E-state index in [1.807, 2.05) is 19.1 Å². The van der Waals surface area contributed by atoms with Crippen molar-refractivity contribution in [2.75, 3.05) is 0 Å². The molecule has 0 aromatic heterocycles. The number of aliphatic hydroxyl groups is 1. The van der Waals surface area contributed by atoms with E-state index >= 15 is 0 Å². The predicted octanol–water partition coefficient (Wildman–Crippen LogP) is 4.03. The Morgan fingerprint density at radius 1 is 1.35 bits per heavy atom. The zero-order valence-corrected chi connectivity index (χ0v) is 14.8. The average molecular weight is 318 g/mol. The van der Waals surface area contributed by atoms with Gasteiger partial charge >= 0.3 is 0 Å². The lowest BCUT2D eigenvalue weighted by molar-refractivity contribution is -0.116. The van der Waals surface area contributed by atoms with Gasteiger partial charge in [0.05, 0.1) is 6.10 Å². The summed E-state index contributed by atoms with van der Waals surface area (Å²) in [6.07, 6.45) is 10.0. The molecule has 1 rings (SSSR count). The molecule has 0 aromatic rings. The third kappa shape index (κ3) is 5.91. The molecular weight excluding hydrogens is 288 g/mol. The molecule has 4 atom stereocenters. The molecular formula is C20H30O3. The van der Waals surface area contributed by atoms with Gasteiger partial charge in [-0.1, -0.05) is 36.3 Å². The van der Waals surface area contributed by atoms with Crippen molar-refractivity contribution in [2.24, 2.45) is 17.8 Å². The first-order chi connectivity index (χ1) is 10.9. The lowest BCUT2D eigenvalue weighted by Gasteiger charge is -2.33. The molecule has 23 heavy (non-hydrogen) atoms. The van der Waals surface area contributed by atoms with E-state index in [9.17, 15) is 14.7 Å². The summed E-state index contributed by atoms with van der Waals surface area (Å²) in [4.78, 5) is 23.1. The van der Waals surface area contributed by atoms with Crippen LogP contribution in [0.3, 0.4) is 0 Å². The van der Waals surface area contributed by atoms with Crippen molar-refractivity contribution in [1.29, 1.82) is 0 Å². The Balaban J connectivity index is 3.07. The van der Waals surface area contributed by atoms with Crippen molar-refractivity contribution in [2.45, 2.75) is 59.5 Å². The van der Waals surface area contributed by atoms with E-state index in [0.717, 1.165) is 31.0 Å². The Kier molecular flexibility index (Phi) is 8.18. The molecule has 0 heterocycles. The fourth-order valence-electron chi connectivity index (χ4n) is 3.40. The van der Waals surface area contributed by atoms with E-state index in [-0.39, 0.29) is 11.8 Å². The fraction of sp³-hybridized carbons (Fsp3) is 0.600. The number of allylic oxidation sites excluding steroid dienone is 5. The van der Waals surface area contributed by atoms with Crippen molar-refractivity contribution in [3.63, 3.8) is 0 Å². The van der Waals surface area contributed by atoms with Gasteiger partial charge in [-0.05, 0) is 57.9 Å². The first-order valence-electron chi connectivity index (χ1n) is 8.48. The van der Waals surface area contributed by atoms with Gasteiger partial charge in [0, 0.05) is 11.8 Å². The van der Waals surface area contributed by atoms with Gasteiger partial charge in [-0.25, -0.2) is 0 Å². The van der Waals surface area contributed by atoms with Crippen LogP contribution < -0.4 is 0 Å². The third-order valence-corrected chi connectivity index (χ3v) is 4.71. The van der Waals surface area contributed by atoms with Gasteiger partial charge in [0.2, 0.25) is 0 Å². The molecule has 1 aliphatic carbocycles. The predicted molar refractivity (Wildman–Crippen MR) is 94.0 cm³/mol. The van der Waals surface area contributed by atoms with Crippen molar-refractivity contribution >= 4 is 12.6 Å². The Morgan fingerprint density at radius 2 is 2.04 bits per heavy atom. The van der Waals surface area contributed by atoms with Gasteiger partial charge in [-0.15, -0.1) is 0 Å². The van der Waals surface area contributed by atoms with Crippen LogP contribution in [0.1, 0.15) is 53.4 Å². The second kappa shape index (κ2) is 9.61. The summed E-state index contributed by atoms with van der Waals surface area (Å²) in [5, 5.41) is 10.7. The summed E-state index contributed by atoms with van der Waals surface area (Å²) in [7, 11) is 0.